The molecule has 0 aliphatic rings. The summed E-state index contributed by atoms with van der Waals surface area (Å²) in [6.07, 6.45) is 2.65. The van der Waals surface area contributed by atoms with Crippen LogP contribution in [0.1, 0.15) is 23.7 Å². The average molecular weight is 265 g/mol. The minimum atomic E-state index is -0.288. The number of nitrogens with zero attached hydrogens (tertiary/aromatic N) is 1. The summed E-state index contributed by atoms with van der Waals surface area (Å²) in [5.74, 6) is -0.288. The van der Waals surface area contributed by atoms with Crippen LogP contribution in [0.5, 0.6) is 0 Å². The molecule has 0 amide bonds. The van der Waals surface area contributed by atoms with E-state index in [1.165, 1.54) is 0 Å². The highest BCUT2D eigenvalue weighted by molar-refractivity contribution is 6.07. The van der Waals surface area contributed by atoms with Crippen molar-refractivity contribution in [3.05, 3.63) is 54.2 Å². The second kappa shape index (κ2) is 5.29. The van der Waals surface area contributed by atoms with Gasteiger partial charge in [0.2, 0.25) is 0 Å². The van der Waals surface area contributed by atoms with Gasteiger partial charge in [0.25, 0.3) is 0 Å². The molecule has 0 bridgehead atoms. The lowest BCUT2D eigenvalue weighted by Crippen LogP contribution is -2.05. The summed E-state index contributed by atoms with van der Waals surface area (Å²) in [6.45, 7) is 2.42. The lowest BCUT2D eigenvalue weighted by molar-refractivity contribution is 0.0505. The first-order chi connectivity index (χ1) is 9.79. The van der Waals surface area contributed by atoms with Gasteiger partial charge in [-0.05, 0) is 23.9 Å². The van der Waals surface area contributed by atoms with Gasteiger partial charge >= 0.3 is 5.97 Å². The van der Waals surface area contributed by atoms with E-state index in [1.54, 1.807) is 12.1 Å². The third-order valence-electron chi connectivity index (χ3n) is 3.26. The highest BCUT2D eigenvalue weighted by Crippen LogP contribution is 2.24. The molecule has 1 aromatic heterocycles. The molecule has 0 fully saturated rings. The molecule has 2 aromatic carbocycles. The number of carbonyl (C=O) groups excluding carboxylic acids is 1. The number of aromatic nitrogens is 1. The molecule has 20 heavy (non-hydrogen) atoms. The van der Waals surface area contributed by atoms with Gasteiger partial charge in [0, 0.05) is 17.0 Å². The van der Waals surface area contributed by atoms with Crippen molar-refractivity contribution in [2.45, 2.75) is 13.3 Å². The van der Waals surface area contributed by atoms with Crippen molar-refractivity contribution >= 4 is 27.6 Å². The molecular weight excluding hydrogens is 250 g/mol. The third-order valence-corrected chi connectivity index (χ3v) is 3.26. The zero-order chi connectivity index (χ0) is 13.9. The molecular formula is C17H15NO2. The summed E-state index contributed by atoms with van der Waals surface area (Å²) in [5.41, 5.74) is 1.36. The molecule has 1 heterocycles. The molecule has 0 aliphatic carbocycles. The molecule has 0 N–H and O–H groups in total. The first kappa shape index (κ1) is 12.6. The normalized spacial score (nSPS) is 10.8. The highest BCUT2D eigenvalue weighted by atomic mass is 16.5. The van der Waals surface area contributed by atoms with Gasteiger partial charge in [-0.2, -0.15) is 0 Å². The van der Waals surface area contributed by atoms with Crippen LogP contribution in [0, 0.1) is 0 Å². The Kier molecular flexibility index (Phi) is 3.33. The van der Waals surface area contributed by atoms with Gasteiger partial charge < -0.3 is 4.74 Å². The summed E-state index contributed by atoms with van der Waals surface area (Å²) in [4.78, 5) is 16.3. The number of fused-ring (bicyclic) bond motifs is 3. The zero-order valence-corrected chi connectivity index (χ0v) is 11.3. The van der Waals surface area contributed by atoms with Crippen molar-refractivity contribution < 1.29 is 9.53 Å². The molecule has 0 saturated heterocycles. The quantitative estimate of drug-likeness (QED) is 0.531. The minimum Gasteiger partial charge on any atom is -0.462 e. The molecule has 0 aliphatic heterocycles. The van der Waals surface area contributed by atoms with Gasteiger partial charge in [0.15, 0.2) is 0 Å². The van der Waals surface area contributed by atoms with Crippen LogP contribution >= 0.6 is 0 Å². The standard InChI is InChI=1S/C17H15NO2/c1-2-9-20-17(19)12-7-8-15-14-6-4-3-5-13(14)11-18-16(15)10-12/h3-8,10-11H,2,9H2,1H3. The Morgan fingerprint density at radius 3 is 2.85 bits per heavy atom. The average Bonchev–Trinajstić information content (AvgIpc) is 2.51. The van der Waals surface area contributed by atoms with Gasteiger partial charge in [-0.25, -0.2) is 4.79 Å². The second-order valence-corrected chi connectivity index (χ2v) is 4.71. The van der Waals surface area contributed by atoms with E-state index in [2.05, 4.69) is 11.1 Å². The summed E-state index contributed by atoms with van der Waals surface area (Å²) in [7, 11) is 0. The molecule has 3 rings (SSSR count). The van der Waals surface area contributed by atoms with Gasteiger partial charge in [-0.15, -0.1) is 0 Å². The van der Waals surface area contributed by atoms with Gasteiger partial charge in [0.05, 0.1) is 17.7 Å². The maximum Gasteiger partial charge on any atom is 0.338 e. The maximum absolute atomic E-state index is 11.9. The van der Waals surface area contributed by atoms with Crippen LogP contribution in [-0.2, 0) is 4.74 Å². The van der Waals surface area contributed by atoms with E-state index in [0.29, 0.717) is 12.2 Å². The fraction of sp³-hybridized carbons (Fsp3) is 0.176. The van der Waals surface area contributed by atoms with Crippen LogP contribution < -0.4 is 0 Å². The van der Waals surface area contributed by atoms with E-state index in [0.717, 1.165) is 28.1 Å². The SMILES string of the molecule is CCCOC(=O)c1ccc2c(c1)ncc1ccccc12. The Bertz CT molecular complexity index is 780. The van der Waals surface area contributed by atoms with E-state index in [-0.39, 0.29) is 5.97 Å². The Morgan fingerprint density at radius 1 is 1.15 bits per heavy atom. The number of hydrogen-bond donors (Lipinski definition) is 0. The molecule has 0 unspecified atom stereocenters. The first-order valence-electron chi connectivity index (χ1n) is 6.74. The van der Waals surface area contributed by atoms with E-state index in [4.69, 9.17) is 4.74 Å². The first-order valence-corrected chi connectivity index (χ1v) is 6.74. The molecule has 0 atom stereocenters. The summed E-state index contributed by atoms with van der Waals surface area (Å²) < 4.78 is 5.15. The van der Waals surface area contributed by atoms with Crippen LogP contribution in [0.4, 0.5) is 0 Å². The Balaban J connectivity index is 2.08. The lowest BCUT2D eigenvalue weighted by Gasteiger charge is -2.06. The van der Waals surface area contributed by atoms with Gasteiger partial charge in [-0.3, -0.25) is 4.98 Å². The highest BCUT2D eigenvalue weighted by Gasteiger charge is 2.09. The monoisotopic (exact) mass is 265 g/mol. The Morgan fingerprint density at radius 2 is 2.00 bits per heavy atom. The number of carbonyl (C=O) groups is 1. The summed E-state index contributed by atoms with van der Waals surface area (Å²) >= 11 is 0. The van der Waals surface area contributed by atoms with Crippen LogP contribution in [0.3, 0.4) is 0 Å². The van der Waals surface area contributed by atoms with E-state index >= 15 is 0 Å². The number of esters is 1. The largest absolute Gasteiger partial charge is 0.462 e. The minimum absolute atomic E-state index is 0.288. The number of rotatable bonds is 3. The third kappa shape index (κ3) is 2.23. The lowest BCUT2D eigenvalue weighted by atomic mass is 10.1. The topological polar surface area (TPSA) is 39.2 Å². The summed E-state index contributed by atoms with van der Waals surface area (Å²) in [6, 6.07) is 13.6. The van der Waals surface area contributed by atoms with Crippen LogP contribution in [0.25, 0.3) is 21.7 Å². The Labute approximate surface area is 117 Å². The number of ether oxygens (including phenoxy) is 1. The molecule has 100 valence electrons. The van der Waals surface area contributed by atoms with Crippen LogP contribution in [0.2, 0.25) is 0 Å². The smallest absolute Gasteiger partial charge is 0.338 e. The van der Waals surface area contributed by atoms with Crippen molar-refractivity contribution in [1.82, 2.24) is 4.98 Å². The molecule has 0 saturated carbocycles. The zero-order valence-electron chi connectivity index (χ0n) is 11.3. The molecule has 3 nitrogen and oxygen atoms in total. The molecule has 3 aromatic rings. The fourth-order valence-electron chi connectivity index (χ4n) is 2.27. The van der Waals surface area contributed by atoms with Crippen molar-refractivity contribution in [1.29, 1.82) is 0 Å². The van der Waals surface area contributed by atoms with Crippen molar-refractivity contribution in [2.24, 2.45) is 0 Å². The van der Waals surface area contributed by atoms with Crippen molar-refractivity contribution in [3.63, 3.8) is 0 Å². The summed E-state index contributed by atoms with van der Waals surface area (Å²) in [5, 5.41) is 3.29. The predicted molar refractivity (Wildman–Crippen MR) is 79.8 cm³/mol. The van der Waals surface area contributed by atoms with Crippen LogP contribution in [-0.4, -0.2) is 17.6 Å². The van der Waals surface area contributed by atoms with E-state index in [1.807, 2.05) is 37.4 Å². The molecule has 0 radical (unpaired) electrons. The number of pyridine rings is 1. The second-order valence-electron chi connectivity index (χ2n) is 4.71. The van der Waals surface area contributed by atoms with Gasteiger partial charge in [-0.1, -0.05) is 37.3 Å². The molecule has 0 spiro atoms. The predicted octanol–water partition coefficient (Wildman–Crippen LogP) is 3.95. The van der Waals surface area contributed by atoms with Crippen LogP contribution in [0.15, 0.2) is 48.7 Å². The fourth-order valence-corrected chi connectivity index (χ4v) is 2.27. The maximum atomic E-state index is 11.9. The van der Waals surface area contributed by atoms with E-state index in [9.17, 15) is 4.79 Å². The van der Waals surface area contributed by atoms with E-state index < -0.39 is 0 Å². The number of hydrogen-bond acceptors (Lipinski definition) is 3. The van der Waals surface area contributed by atoms with Crippen molar-refractivity contribution in [3.8, 4) is 0 Å². The number of benzene rings is 2. The Hall–Kier alpha value is -2.42. The van der Waals surface area contributed by atoms with Crippen molar-refractivity contribution in [2.75, 3.05) is 6.61 Å². The molecule has 3 heteroatoms. The van der Waals surface area contributed by atoms with Gasteiger partial charge in [0.1, 0.15) is 0 Å².